The molecule has 1 fully saturated rings. The van der Waals surface area contributed by atoms with E-state index >= 15 is 0 Å². The molecule has 1 heterocycles. The van der Waals surface area contributed by atoms with Gasteiger partial charge in [-0.2, -0.15) is 5.26 Å². The fraction of sp³-hybridized carbons (Fsp3) is 0.824. The Balaban J connectivity index is 2.92. The van der Waals surface area contributed by atoms with Gasteiger partial charge in [0, 0.05) is 6.54 Å². The third-order valence-corrected chi connectivity index (χ3v) is 3.84. The van der Waals surface area contributed by atoms with Gasteiger partial charge in [-0.1, -0.05) is 0 Å². The van der Waals surface area contributed by atoms with Crippen molar-refractivity contribution < 1.29 is 19.1 Å². The van der Waals surface area contributed by atoms with Crippen LogP contribution in [0.3, 0.4) is 0 Å². The van der Waals surface area contributed by atoms with Crippen molar-refractivity contribution >= 4 is 12.0 Å². The second-order valence-electron chi connectivity index (χ2n) is 8.13. The first-order valence-corrected chi connectivity index (χ1v) is 8.11. The number of carbonyl (C=O) groups is 2. The number of hydrogen-bond donors (Lipinski definition) is 1. The first-order chi connectivity index (χ1) is 10.7. The van der Waals surface area contributed by atoms with Crippen molar-refractivity contribution in [2.24, 2.45) is 5.41 Å². The van der Waals surface area contributed by atoms with E-state index in [1.54, 1.807) is 48.5 Å². The molecule has 1 rings (SSSR count). The van der Waals surface area contributed by atoms with E-state index in [0.717, 1.165) is 0 Å². The fourth-order valence-corrected chi connectivity index (χ4v) is 2.59. The molecule has 1 aliphatic heterocycles. The van der Waals surface area contributed by atoms with Crippen LogP contribution in [-0.2, 0) is 14.3 Å². The van der Waals surface area contributed by atoms with Gasteiger partial charge in [-0.25, -0.2) is 4.79 Å². The predicted octanol–water partition coefficient (Wildman–Crippen LogP) is 2.41. The summed E-state index contributed by atoms with van der Waals surface area (Å²) in [6, 6.07) is 1.58. The number of nitriles is 1. The molecule has 0 aromatic carbocycles. The van der Waals surface area contributed by atoms with Crippen LogP contribution >= 0.6 is 0 Å². The van der Waals surface area contributed by atoms with Gasteiger partial charge in [0.1, 0.15) is 16.7 Å². The van der Waals surface area contributed by atoms with Crippen molar-refractivity contribution in [2.45, 2.75) is 78.9 Å². The zero-order valence-corrected chi connectivity index (χ0v) is 15.9. The predicted molar refractivity (Wildman–Crippen MR) is 88.9 cm³/mol. The van der Waals surface area contributed by atoms with E-state index in [1.165, 1.54) is 4.90 Å². The number of hydrogen-bond acceptors (Lipinski definition) is 5. The Bertz CT molecular complexity index is 543. The quantitative estimate of drug-likeness (QED) is 0.852. The van der Waals surface area contributed by atoms with Crippen molar-refractivity contribution in [2.75, 3.05) is 6.54 Å². The SMILES string of the molecule is C[C@H]1OC(C)(C)N(C(=O)OC(C)(C)C)[C@H]1CNC(=O)C(C)(C)C#N. The molecule has 1 N–H and O–H groups in total. The van der Waals surface area contributed by atoms with Crippen LogP contribution in [0.25, 0.3) is 0 Å². The number of nitrogens with zero attached hydrogens (tertiary/aromatic N) is 2. The maximum atomic E-state index is 12.6. The van der Waals surface area contributed by atoms with Gasteiger partial charge >= 0.3 is 6.09 Å². The Hall–Kier alpha value is -1.81. The molecule has 24 heavy (non-hydrogen) atoms. The lowest BCUT2D eigenvalue weighted by Gasteiger charge is -2.35. The molecule has 0 bridgehead atoms. The first kappa shape index (κ1) is 20.2. The van der Waals surface area contributed by atoms with Gasteiger partial charge in [0.15, 0.2) is 0 Å². The molecule has 136 valence electrons. The summed E-state index contributed by atoms with van der Waals surface area (Å²) in [5, 5.41) is 11.8. The standard InChI is InChI=1S/C17H29N3O4/c1-11-12(9-19-13(21)16(5,6)10-18)20(17(7,8)23-11)14(22)24-15(2,3)4/h11-12H,9H2,1-8H3,(H,19,21)/t11-,12+/m1/s1. The molecule has 1 aliphatic rings. The molecule has 2 atom stereocenters. The van der Waals surface area contributed by atoms with E-state index in [-0.39, 0.29) is 24.6 Å². The first-order valence-electron chi connectivity index (χ1n) is 8.11. The molecule has 0 saturated carbocycles. The van der Waals surface area contributed by atoms with Gasteiger partial charge in [0.25, 0.3) is 0 Å². The van der Waals surface area contributed by atoms with E-state index in [2.05, 4.69) is 5.32 Å². The van der Waals surface area contributed by atoms with E-state index < -0.39 is 22.8 Å². The minimum atomic E-state index is -1.13. The molecular formula is C17H29N3O4. The van der Waals surface area contributed by atoms with Crippen LogP contribution in [0.2, 0.25) is 0 Å². The Kier molecular flexibility index (Phi) is 5.56. The average Bonchev–Trinajstić information content (AvgIpc) is 2.62. The van der Waals surface area contributed by atoms with Crippen molar-refractivity contribution in [3.05, 3.63) is 0 Å². The summed E-state index contributed by atoms with van der Waals surface area (Å²) in [4.78, 5) is 26.2. The molecule has 1 saturated heterocycles. The minimum absolute atomic E-state index is 0.188. The van der Waals surface area contributed by atoms with Gasteiger partial charge in [0.2, 0.25) is 5.91 Å². The van der Waals surface area contributed by atoms with Gasteiger partial charge in [-0.15, -0.1) is 0 Å². The van der Waals surface area contributed by atoms with Crippen LogP contribution in [0.15, 0.2) is 0 Å². The zero-order chi connectivity index (χ0) is 18.9. The molecule has 0 unspecified atom stereocenters. The average molecular weight is 339 g/mol. The Morgan fingerprint density at radius 3 is 2.29 bits per heavy atom. The van der Waals surface area contributed by atoms with E-state index in [9.17, 15) is 9.59 Å². The van der Waals surface area contributed by atoms with Crippen LogP contribution in [0, 0.1) is 16.7 Å². The lowest BCUT2D eigenvalue weighted by Crippen LogP contribution is -2.54. The molecule has 0 aliphatic carbocycles. The third kappa shape index (κ3) is 4.60. The van der Waals surface area contributed by atoms with E-state index in [4.69, 9.17) is 14.7 Å². The largest absolute Gasteiger partial charge is 0.444 e. The number of amides is 2. The minimum Gasteiger partial charge on any atom is -0.444 e. The molecule has 7 nitrogen and oxygen atoms in total. The molecule has 0 aromatic rings. The second-order valence-corrected chi connectivity index (χ2v) is 8.13. The molecular weight excluding hydrogens is 310 g/mol. The highest BCUT2D eigenvalue weighted by atomic mass is 16.6. The van der Waals surface area contributed by atoms with Gasteiger partial charge in [-0.05, 0) is 55.4 Å². The summed E-state index contributed by atoms with van der Waals surface area (Å²) >= 11 is 0. The second kappa shape index (κ2) is 6.60. The van der Waals surface area contributed by atoms with Crippen LogP contribution in [0.1, 0.15) is 55.4 Å². The van der Waals surface area contributed by atoms with Gasteiger partial charge in [0.05, 0.1) is 18.2 Å². The fourth-order valence-electron chi connectivity index (χ4n) is 2.59. The summed E-state index contributed by atoms with van der Waals surface area (Å²) in [5.74, 6) is -0.383. The summed E-state index contributed by atoms with van der Waals surface area (Å²) in [5.41, 5.74) is -2.60. The van der Waals surface area contributed by atoms with Crippen molar-refractivity contribution in [3.8, 4) is 6.07 Å². The monoisotopic (exact) mass is 339 g/mol. The maximum Gasteiger partial charge on any atom is 0.412 e. The van der Waals surface area contributed by atoms with Crippen molar-refractivity contribution in [1.82, 2.24) is 10.2 Å². The Morgan fingerprint density at radius 2 is 1.83 bits per heavy atom. The Labute approximate surface area is 144 Å². The smallest absolute Gasteiger partial charge is 0.412 e. The normalized spacial score (nSPS) is 23.5. The van der Waals surface area contributed by atoms with Crippen LogP contribution < -0.4 is 5.32 Å². The van der Waals surface area contributed by atoms with Crippen LogP contribution in [0.4, 0.5) is 4.79 Å². The molecule has 0 radical (unpaired) electrons. The lowest BCUT2D eigenvalue weighted by molar-refractivity contribution is -0.127. The summed E-state index contributed by atoms with van der Waals surface area (Å²) < 4.78 is 11.3. The van der Waals surface area contributed by atoms with Crippen molar-refractivity contribution in [1.29, 1.82) is 5.26 Å². The summed E-state index contributed by atoms with van der Waals surface area (Å²) in [7, 11) is 0. The summed E-state index contributed by atoms with van der Waals surface area (Å²) in [6.45, 7) is 14.1. The maximum absolute atomic E-state index is 12.6. The van der Waals surface area contributed by atoms with Gasteiger partial charge in [-0.3, -0.25) is 9.69 Å². The number of rotatable bonds is 3. The number of ether oxygens (including phenoxy) is 2. The molecule has 0 aromatic heterocycles. The molecule has 7 heteroatoms. The topological polar surface area (TPSA) is 91.7 Å². The van der Waals surface area contributed by atoms with Crippen molar-refractivity contribution in [3.63, 3.8) is 0 Å². The van der Waals surface area contributed by atoms with Gasteiger partial charge < -0.3 is 14.8 Å². The highest BCUT2D eigenvalue weighted by Gasteiger charge is 2.49. The van der Waals surface area contributed by atoms with Crippen LogP contribution in [0.5, 0.6) is 0 Å². The lowest BCUT2D eigenvalue weighted by atomic mass is 9.94. The zero-order valence-electron chi connectivity index (χ0n) is 15.9. The van der Waals surface area contributed by atoms with Crippen LogP contribution in [-0.4, -0.2) is 46.9 Å². The summed E-state index contributed by atoms with van der Waals surface area (Å²) in [6.07, 6.45) is -0.770. The molecule has 0 spiro atoms. The van der Waals surface area contributed by atoms with E-state index in [1.807, 2.05) is 13.0 Å². The number of nitrogens with one attached hydrogen (secondary N) is 1. The van der Waals surface area contributed by atoms with E-state index in [0.29, 0.717) is 0 Å². The third-order valence-electron chi connectivity index (χ3n) is 3.84. The highest BCUT2D eigenvalue weighted by molar-refractivity contribution is 5.84. The molecule has 2 amide bonds. The Morgan fingerprint density at radius 1 is 1.29 bits per heavy atom. The highest BCUT2D eigenvalue weighted by Crippen LogP contribution is 2.33. The number of carbonyl (C=O) groups excluding carboxylic acids is 2.